The van der Waals surface area contributed by atoms with Gasteiger partial charge < -0.3 is 10.2 Å². The predicted octanol–water partition coefficient (Wildman–Crippen LogP) is 3.72. The number of carbonyl (C=O) groups is 2. The van der Waals surface area contributed by atoms with Crippen LogP contribution >= 0.6 is 0 Å². The van der Waals surface area contributed by atoms with E-state index in [1.165, 1.54) is 0 Å². The predicted molar refractivity (Wildman–Crippen MR) is 103 cm³/mol. The van der Waals surface area contributed by atoms with Gasteiger partial charge in [-0.15, -0.1) is 0 Å². The lowest BCUT2D eigenvalue weighted by molar-refractivity contribution is -0.124. The van der Waals surface area contributed by atoms with Crippen molar-refractivity contribution in [3.8, 4) is 0 Å². The SMILES string of the molecule is Cc1cccc([C@@H]2[C@H](C(=O)NC3CC3)c3ccccc3C(=O)N2C2CC2)c1. The quantitative estimate of drug-likeness (QED) is 0.903. The first-order chi connectivity index (χ1) is 13.1. The fraction of sp³-hybridized carbons (Fsp3) is 0.391. The molecular formula is C23H24N2O2. The van der Waals surface area contributed by atoms with Crippen LogP contribution in [0, 0.1) is 6.92 Å². The molecule has 0 radical (unpaired) electrons. The Bertz CT molecular complexity index is 914. The molecule has 2 fully saturated rings. The molecule has 5 rings (SSSR count). The molecule has 2 saturated carbocycles. The summed E-state index contributed by atoms with van der Waals surface area (Å²) in [6, 6.07) is 16.2. The number of benzene rings is 2. The van der Waals surface area contributed by atoms with Gasteiger partial charge >= 0.3 is 0 Å². The normalized spacial score (nSPS) is 24.5. The zero-order valence-electron chi connectivity index (χ0n) is 15.5. The molecule has 4 nitrogen and oxygen atoms in total. The van der Waals surface area contributed by atoms with Gasteiger partial charge in [-0.25, -0.2) is 0 Å². The lowest BCUT2D eigenvalue weighted by Gasteiger charge is -2.42. The number of nitrogens with one attached hydrogen (secondary N) is 1. The van der Waals surface area contributed by atoms with Crippen LogP contribution in [-0.2, 0) is 4.79 Å². The third kappa shape index (κ3) is 2.93. The van der Waals surface area contributed by atoms with Gasteiger partial charge in [-0.05, 0) is 49.8 Å². The Morgan fingerprint density at radius 2 is 1.81 bits per heavy atom. The van der Waals surface area contributed by atoms with Crippen molar-refractivity contribution < 1.29 is 9.59 Å². The van der Waals surface area contributed by atoms with Crippen molar-refractivity contribution in [2.45, 2.75) is 56.7 Å². The smallest absolute Gasteiger partial charge is 0.254 e. The molecule has 3 aliphatic rings. The lowest BCUT2D eigenvalue weighted by Crippen LogP contribution is -2.48. The van der Waals surface area contributed by atoms with Gasteiger partial charge in [0.05, 0.1) is 12.0 Å². The standard InChI is InChI=1S/C23H24N2O2/c1-14-5-4-6-15(13-14)21-20(22(26)24-16-9-10-16)18-7-2-3-8-19(18)23(27)25(21)17-11-12-17/h2-8,13,16-17,20-21H,9-12H2,1H3,(H,24,26)/t20-,21-/m1/s1. The van der Waals surface area contributed by atoms with E-state index in [2.05, 4.69) is 30.4 Å². The van der Waals surface area contributed by atoms with Crippen LogP contribution < -0.4 is 5.32 Å². The number of carbonyl (C=O) groups excluding carboxylic acids is 2. The summed E-state index contributed by atoms with van der Waals surface area (Å²) in [7, 11) is 0. The van der Waals surface area contributed by atoms with E-state index in [4.69, 9.17) is 0 Å². The second-order valence-corrected chi connectivity index (χ2v) is 8.15. The molecule has 0 spiro atoms. The summed E-state index contributed by atoms with van der Waals surface area (Å²) < 4.78 is 0. The molecule has 138 valence electrons. The van der Waals surface area contributed by atoms with Crippen LogP contribution in [0.5, 0.6) is 0 Å². The number of fused-ring (bicyclic) bond motifs is 1. The number of nitrogens with zero attached hydrogens (tertiary/aromatic N) is 1. The van der Waals surface area contributed by atoms with Gasteiger partial charge in [-0.3, -0.25) is 9.59 Å². The summed E-state index contributed by atoms with van der Waals surface area (Å²) in [5.74, 6) is -0.244. The first-order valence-electron chi connectivity index (χ1n) is 9.92. The van der Waals surface area contributed by atoms with Gasteiger partial charge in [-0.1, -0.05) is 48.0 Å². The zero-order chi connectivity index (χ0) is 18.5. The molecule has 0 aromatic heterocycles. The minimum atomic E-state index is -0.359. The van der Waals surface area contributed by atoms with Gasteiger partial charge in [-0.2, -0.15) is 0 Å². The van der Waals surface area contributed by atoms with Crippen molar-refractivity contribution in [2.24, 2.45) is 0 Å². The fourth-order valence-corrected chi connectivity index (χ4v) is 4.32. The van der Waals surface area contributed by atoms with Crippen molar-refractivity contribution >= 4 is 11.8 Å². The largest absolute Gasteiger partial charge is 0.353 e. The molecule has 27 heavy (non-hydrogen) atoms. The molecule has 1 N–H and O–H groups in total. The molecule has 0 saturated heterocycles. The summed E-state index contributed by atoms with van der Waals surface area (Å²) in [5.41, 5.74) is 3.75. The molecule has 1 aliphatic heterocycles. The van der Waals surface area contributed by atoms with Crippen LogP contribution in [-0.4, -0.2) is 28.8 Å². The summed E-state index contributed by atoms with van der Waals surface area (Å²) in [5, 5.41) is 3.20. The van der Waals surface area contributed by atoms with Gasteiger partial charge in [0, 0.05) is 17.6 Å². The Hall–Kier alpha value is -2.62. The summed E-state index contributed by atoms with van der Waals surface area (Å²) in [6.45, 7) is 2.06. The van der Waals surface area contributed by atoms with Crippen molar-refractivity contribution in [3.05, 3.63) is 70.8 Å². The number of hydrogen-bond donors (Lipinski definition) is 1. The van der Waals surface area contributed by atoms with Crippen LogP contribution in [0.4, 0.5) is 0 Å². The highest BCUT2D eigenvalue weighted by atomic mass is 16.2. The third-order valence-corrected chi connectivity index (χ3v) is 5.91. The topological polar surface area (TPSA) is 49.4 Å². The fourth-order valence-electron chi connectivity index (χ4n) is 4.32. The molecule has 4 heteroatoms. The zero-order valence-corrected chi connectivity index (χ0v) is 15.5. The van der Waals surface area contributed by atoms with Gasteiger partial charge in [0.15, 0.2) is 0 Å². The van der Waals surface area contributed by atoms with Gasteiger partial charge in [0.2, 0.25) is 5.91 Å². The molecule has 2 atom stereocenters. The van der Waals surface area contributed by atoms with E-state index in [0.29, 0.717) is 11.6 Å². The Labute approximate surface area is 159 Å². The van der Waals surface area contributed by atoms with E-state index in [0.717, 1.165) is 42.4 Å². The number of aryl methyl sites for hydroxylation is 1. The van der Waals surface area contributed by atoms with E-state index in [-0.39, 0.29) is 29.8 Å². The van der Waals surface area contributed by atoms with E-state index >= 15 is 0 Å². The van der Waals surface area contributed by atoms with Gasteiger partial charge in [0.1, 0.15) is 0 Å². The molecule has 2 amide bonds. The van der Waals surface area contributed by atoms with Crippen LogP contribution in [0.2, 0.25) is 0 Å². The Balaban J connectivity index is 1.67. The maximum atomic E-state index is 13.4. The maximum Gasteiger partial charge on any atom is 0.254 e. The number of amides is 2. The maximum absolute atomic E-state index is 13.4. The second kappa shape index (κ2) is 6.22. The number of hydrogen-bond acceptors (Lipinski definition) is 2. The van der Waals surface area contributed by atoms with Crippen LogP contribution in [0.1, 0.15) is 64.7 Å². The van der Waals surface area contributed by atoms with E-state index in [9.17, 15) is 9.59 Å². The van der Waals surface area contributed by atoms with Crippen LogP contribution in [0.25, 0.3) is 0 Å². The highest BCUT2D eigenvalue weighted by molar-refractivity contribution is 6.01. The molecule has 0 unspecified atom stereocenters. The average Bonchev–Trinajstić information content (AvgIpc) is 3.56. The monoisotopic (exact) mass is 360 g/mol. The minimum absolute atomic E-state index is 0.0506. The second-order valence-electron chi connectivity index (χ2n) is 8.15. The highest BCUT2D eigenvalue weighted by Crippen LogP contribution is 2.48. The van der Waals surface area contributed by atoms with E-state index < -0.39 is 0 Å². The lowest BCUT2D eigenvalue weighted by atomic mass is 9.78. The van der Waals surface area contributed by atoms with Crippen molar-refractivity contribution in [1.29, 1.82) is 0 Å². The van der Waals surface area contributed by atoms with Crippen molar-refractivity contribution in [1.82, 2.24) is 10.2 Å². The Morgan fingerprint density at radius 1 is 1.04 bits per heavy atom. The molecule has 1 heterocycles. The Kier molecular flexibility index (Phi) is 3.81. The molecular weight excluding hydrogens is 336 g/mol. The molecule has 2 aromatic rings. The van der Waals surface area contributed by atoms with Crippen LogP contribution in [0.3, 0.4) is 0 Å². The van der Waals surface area contributed by atoms with Crippen molar-refractivity contribution in [3.63, 3.8) is 0 Å². The molecule has 2 aromatic carbocycles. The molecule has 0 bridgehead atoms. The highest BCUT2D eigenvalue weighted by Gasteiger charge is 2.49. The third-order valence-electron chi connectivity index (χ3n) is 5.91. The average molecular weight is 360 g/mol. The first kappa shape index (κ1) is 16.5. The van der Waals surface area contributed by atoms with Crippen molar-refractivity contribution in [2.75, 3.05) is 0 Å². The number of rotatable bonds is 4. The first-order valence-corrected chi connectivity index (χ1v) is 9.92. The summed E-state index contributed by atoms with van der Waals surface area (Å²) in [4.78, 5) is 28.7. The minimum Gasteiger partial charge on any atom is -0.353 e. The Morgan fingerprint density at radius 3 is 2.52 bits per heavy atom. The van der Waals surface area contributed by atoms with Crippen LogP contribution in [0.15, 0.2) is 48.5 Å². The van der Waals surface area contributed by atoms with Gasteiger partial charge in [0.25, 0.3) is 5.91 Å². The molecule has 2 aliphatic carbocycles. The summed E-state index contributed by atoms with van der Waals surface area (Å²) >= 11 is 0. The summed E-state index contributed by atoms with van der Waals surface area (Å²) in [6.07, 6.45) is 4.15. The van der Waals surface area contributed by atoms with E-state index in [1.54, 1.807) is 0 Å². The van der Waals surface area contributed by atoms with E-state index in [1.807, 2.05) is 35.2 Å².